The molecule has 1 saturated heterocycles. The minimum absolute atomic E-state index is 0.146. The summed E-state index contributed by atoms with van der Waals surface area (Å²) in [5, 5.41) is 6.42. The standard InChI is InChI=1S/C9H15N3O4S2/c1-17(13,14)8-5-10-11-9(8)7-3-4-12(6-7)18(2,15)16/h5,7H,3-4,6H2,1-2H3,(H,10,11). The maximum absolute atomic E-state index is 11.6. The lowest BCUT2D eigenvalue weighted by molar-refractivity contribution is 0.477. The molecule has 0 saturated carbocycles. The molecule has 0 spiro atoms. The molecule has 1 N–H and O–H groups in total. The van der Waals surface area contributed by atoms with E-state index >= 15 is 0 Å². The molecule has 102 valence electrons. The van der Waals surface area contributed by atoms with Gasteiger partial charge in [0.1, 0.15) is 4.90 Å². The van der Waals surface area contributed by atoms with E-state index in [1.807, 2.05) is 0 Å². The summed E-state index contributed by atoms with van der Waals surface area (Å²) in [4.78, 5) is 0.155. The molecule has 2 heterocycles. The fraction of sp³-hybridized carbons (Fsp3) is 0.667. The van der Waals surface area contributed by atoms with Gasteiger partial charge >= 0.3 is 0 Å². The van der Waals surface area contributed by atoms with Crippen molar-refractivity contribution in [1.82, 2.24) is 14.5 Å². The zero-order valence-corrected chi connectivity index (χ0v) is 11.8. The second-order valence-electron chi connectivity index (χ2n) is 4.53. The van der Waals surface area contributed by atoms with E-state index in [-0.39, 0.29) is 10.8 Å². The van der Waals surface area contributed by atoms with Crippen molar-refractivity contribution < 1.29 is 16.8 Å². The molecule has 0 amide bonds. The molecule has 1 aromatic rings. The highest BCUT2D eigenvalue weighted by Gasteiger charge is 2.33. The molecular formula is C9H15N3O4S2. The van der Waals surface area contributed by atoms with Gasteiger partial charge in [0.05, 0.1) is 18.1 Å². The zero-order valence-electron chi connectivity index (χ0n) is 10.1. The van der Waals surface area contributed by atoms with Crippen molar-refractivity contribution in [3.63, 3.8) is 0 Å². The third-order valence-corrected chi connectivity index (χ3v) is 5.45. The van der Waals surface area contributed by atoms with Gasteiger partial charge < -0.3 is 0 Å². The summed E-state index contributed by atoms with van der Waals surface area (Å²) in [5.74, 6) is -0.146. The molecule has 2 rings (SSSR count). The Morgan fingerprint density at radius 2 is 2.00 bits per heavy atom. The highest BCUT2D eigenvalue weighted by atomic mass is 32.2. The lowest BCUT2D eigenvalue weighted by atomic mass is 10.1. The highest BCUT2D eigenvalue weighted by Crippen LogP contribution is 2.30. The van der Waals surface area contributed by atoms with Gasteiger partial charge in [-0.25, -0.2) is 21.1 Å². The fourth-order valence-corrected chi connectivity index (χ4v) is 3.88. The first kappa shape index (κ1) is 13.5. The molecule has 1 aromatic heterocycles. The first-order chi connectivity index (χ1) is 8.19. The van der Waals surface area contributed by atoms with Crippen molar-refractivity contribution in [3.05, 3.63) is 11.9 Å². The van der Waals surface area contributed by atoms with Crippen LogP contribution in [0.15, 0.2) is 11.1 Å². The summed E-state index contributed by atoms with van der Waals surface area (Å²) >= 11 is 0. The molecule has 0 bridgehead atoms. The second-order valence-corrected chi connectivity index (χ2v) is 8.49. The maximum atomic E-state index is 11.6. The molecule has 1 aliphatic rings. The Morgan fingerprint density at radius 3 is 2.50 bits per heavy atom. The average molecular weight is 293 g/mol. The zero-order chi connectivity index (χ0) is 13.6. The average Bonchev–Trinajstić information content (AvgIpc) is 2.84. The van der Waals surface area contributed by atoms with Gasteiger partial charge in [0.2, 0.25) is 10.0 Å². The number of rotatable bonds is 3. The SMILES string of the molecule is CS(=O)(=O)c1cn[nH]c1C1CCN(S(C)(=O)=O)C1. The van der Waals surface area contributed by atoms with E-state index in [9.17, 15) is 16.8 Å². The minimum atomic E-state index is -3.34. The lowest BCUT2D eigenvalue weighted by Gasteiger charge is -2.13. The number of nitrogens with one attached hydrogen (secondary N) is 1. The summed E-state index contributed by atoms with van der Waals surface area (Å²) in [7, 11) is -6.57. The number of aromatic amines is 1. The fourth-order valence-electron chi connectivity index (χ4n) is 2.14. The van der Waals surface area contributed by atoms with Crippen LogP contribution in [0, 0.1) is 0 Å². The van der Waals surface area contributed by atoms with Crippen molar-refractivity contribution in [2.45, 2.75) is 17.2 Å². The highest BCUT2D eigenvalue weighted by molar-refractivity contribution is 7.90. The Kier molecular flexibility index (Phi) is 3.24. The largest absolute Gasteiger partial charge is 0.281 e. The smallest absolute Gasteiger partial charge is 0.211 e. The number of sulfone groups is 1. The second kappa shape index (κ2) is 4.32. The van der Waals surface area contributed by atoms with Crippen LogP contribution in [0.3, 0.4) is 0 Å². The van der Waals surface area contributed by atoms with Crippen molar-refractivity contribution in [1.29, 1.82) is 0 Å². The van der Waals surface area contributed by atoms with Crippen LogP contribution in [0.1, 0.15) is 18.0 Å². The van der Waals surface area contributed by atoms with Crippen LogP contribution in [0.25, 0.3) is 0 Å². The molecule has 0 aliphatic carbocycles. The quantitative estimate of drug-likeness (QED) is 0.814. The van der Waals surface area contributed by atoms with Crippen LogP contribution >= 0.6 is 0 Å². The van der Waals surface area contributed by atoms with E-state index in [1.54, 1.807) is 0 Å². The van der Waals surface area contributed by atoms with Gasteiger partial charge in [0.25, 0.3) is 0 Å². The van der Waals surface area contributed by atoms with Crippen molar-refractivity contribution in [2.75, 3.05) is 25.6 Å². The summed E-state index contributed by atoms with van der Waals surface area (Å²) in [6.45, 7) is 0.704. The molecule has 9 heteroatoms. The first-order valence-corrected chi connectivity index (χ1v) is 9.12. The third kappa shape index (κ3) is 2.57. The van der Waals surface area contributed by atoms with Gasteiger partial charge in [-0.3, -0.25) is 5.10 Å². The Balaban J connectivity index is 2.29. The molecular weight excluding hydrogens is 278 g/mol. The minimum Gasteiger partial charge on any atom is -0.281 e. The van der Waals surface area contributed by atoms with E-state index in [0.717, 1.165) is 12.5 Å². The molecule has 7 nitrogen and oxygen atoms in total. The number of nitrogens with zero attached hydrogens (tertiary/aromatic N) is 2. The number of aromatic nitrogens is 2. The van der Waals surface area contributed by atoms with E-state index < -0.39 is 19.9 Å². The predicted molar refractivity (Wildman–Crippen MR) is 65.5 cm³/mol. The molecule has 1 atom stereocenters. The van der Waals surface area contributed by atoms with Gasteiger partial charge in [-0.15, -0.1) is 0 Å². The Hall–Kier alpha value is -0.930. The van der Waals surface area contributed by atoms with Gasteiger partial charge in [-0.1, -0.05) is 0 Å². The van der Waals surface area contributed by atoms with E-state index in [4.69, 9.17) is 0 Å². The molecule has 1 unspecified atom stereocenters. The molecule has 18 heavy (non-hydrogen) atoms. The maximum Gasteiger partial charge on any atom is 0.211 e. The lowest BCUT2D eigenvalue weighted by Crippen LogP contribution is -2.27. The van der Waals surface area contributed by atoms with Gasteiger partial charge in [0, 0.05) is 25.3 Å². The Labute approximate surface area is 106 Å². The number of hydrogen-bond donors (Lipinski definition) is 1. The van der Waals surface area contributed by atoms with Crippen LogP contribution in [0.4, 0.5) is 0 Å². The number of H-pyrrole nitrogens is 1. The molecule has 0 aromatic carbocycles. The van der Waals surface area contributed by atoms with Crippen LogP contribution < -0.4 is 0 Å². The molecule has 1 aliphatic heterocycles. The van der Waals surface area contributed by atoms with E-state index in [1.165, 1.54) is 10.5 Å². The summed E-state index contributed by atoms with van der Waals surface area (Å²) in [6.07, 6.45) is 4.13. The normalized spacial score (nSPS) is 22.4. The van der Waals surface area contributed by atoms with Crippen LogP contribution in [-0.4, -0.2) is 56.9 Å². The van der Waals surface area contributed by atoms with Crippen LogP contribution in [0.5, 0.6) is 0 Å². The van der Waals surface area contributed by atoms with Gasteiger partial charge in [-0.2, -0.15) is 5.10 Å². The predicted octanol–water partition coefficient (Wildman–Crippen LogP) is -0.438. The Bertz CT molecular complexity index is 647. The summed E-state index contributed by atoms with van der Waals surface area (Å²) in [5.41, 5.74) is 0.503. The van der Waals surface area contributed by atoms with Crippen molar-refractivity contribution >= 4 is 19.9 Å². The summed E-state index contributed by atoms with van der Waals surface area (Å²) < 4.78 is 47.3. The van der Waals surface area contributed by atoms with E-state index in [2.05, 4.69) is 10.2 Å². The number of sulfonamides is 1. The van der Waals surface area contributed by atoms with Gasteiger partial charge in [-0.05, 0) is 6.42 Å². The molecule has 0 radical (unpaired) electrons. The van der Waals surface area contributed by atoms with Crippen LogP contribution in [0.2, 0.25) is 0 Å². The van der Waals surface area contributed by atoms with Gasteiger partial charge in [0.15, 0.2) is 9.84 Å². The monoisotopic (exact) mass is 293 g/mol. The molecule has 1 fully saturated rings. The third-order valence-electron chi connectivity index (χ3n) is 3.06. The van der Waals surface area contributed by atoms with E-state index in [0.29, 0.717) is 25.2 Å². The van der Waals surface area contributed by atoms with Crippen molar-refractivity contribution in [2.24, 2.45) is 0 Å². The Morgan fingerprint density at radius 1 is 1.33 bits per heavy atom. The van der Waals surface area contributed by atoms with Crippen LogP contribution in [-0.2, 0) is 19.9 Å². The van der Waals surface area contributed by atoms with Crippen molar-refractivity contribution in [3.8, 4) is 0 Å². The first-order valence-electron chi connectivity index (χ1n) is 5.38. The topological polar surface area (TPSA) is 100 Å². The summed E-state index contributed by atoms with van der Waals surface area (Å²) in [6, 6.07) is 0. The number of hydrogen-bond acceptors (Lipinski definition) is 5.